The van der Waals surface area contributed by atoms with Gasteiger partial charge in [0, 0.05) is 12.6 Å². The molecule has 0 aliphatic carbocycles. The number of halogens is 1. The Morgan fingerprint density at radius 1 is 1.40 bits per heavy atom. The number of fused-ring (bicyclic) bond motifs is 1. The maximum Gasteiger partial charge on any atom is 0.148 e. The lowest BCUT2D eigenvalue weighted by Gasteiger charge is -2.21. The summed E-state index contributed by atoms with van der Waals surface area (Å²) in [5.74, 6) is 0.338. The predicted octanol–water partition coefficient (Wildman–Crippen LogP) is 3.08. The SMILES string of the molecule is CC(C)C1CCNc2cccc(F)c2N1. The van der Waals surface area contributed by atoms with Crippen molar-refractivity contribution in [1.29, 1.82) is 0 Å². The van der Waals surface area contributed by atoms with E-state index in [0.717, 1.165) is 18.7 Å². The molecule has 2 N–H and O–H groups in total. The minimum atomic E-state index is -0.174. The highest BCUT2D eigenvalue weighted by molar-refractivity contribution is 5.70. The van der Waals surface area contributed by atoms with Crippen molar-refractivity contribution in [1.82, 2.24) is 0 Å². The van der Waals surface area contributed by atoms with E-state index < -0.39 is 0 Å². The molecule has 1 heterocycles. The van der Waals surface area contributed by atoms with Crippen molar-refractivity contribution in [2.24, 2.45) is 5.92 Å². The van der Waals surface area contributed by atoms with E-state index in [4.69, 9.17) is 0 Å². The summed E-state index contributed by atoms with van der Waals surface area (Å²) in [6.07, 6.45) is 1.02. The molecular formula is C12H17FN2. The van der Waals surface area contributed by atoms with Crippen molar-refractivity contribution in [3.8, 4) is 0 Å². The lowest BCUT2D eigenvalue weighted by atomic mass is 10.0. The lowest BCUT2D eigenvalue weighted by molar-refractivity contribution is 0.504. The molecule has 0 saturated carbocycles. The average molecular weight is 208 g/mol. The van der Waals surface area contributed by atoms with Crippen LogP contribution < -0.4 is 10.6 Å². The van der Waals surface area contributed by atoms with E-state index in [2.05, 4.69) is 24.5 Å². The molecule has 1 atom stereocenters. The van der Waals surface area contributed by atoms with Crippen molar-refractivity contribution in [3.63, 3.8) is 0 Å². The summed E-state index contributed by atoms with van der Waals surface area (Å²) in [5.41, 5.74) is 1.49. The highest BCUT2D eigenvalue weighted by atomic mass is 19.1. The van der Waals surface area contributed by atoms with E-state index in [-0.39, 0.29) is 5.82 Å². The molecule has 0 radical (unpaired) electrons. The van der Waals surface area contributed by atoms with Gasteiger partial charge < -0.3 is 10.6 Å². The van der Waals surface area contributed by atoms with Crippen LogP contribution in [-0.2, 0) is 0 Å². The van der Waals surface area contributed by atoms with Gasteiger partial charge in [0.15, 0.2) is 0 Å². The second-order valence-corrected chi connectivity index (χ2v) is 4.37. The number of anilines is 2. The van der Waals surface area contributed by atoms with Gasteiger partial charge in [0.25, 0.3) is 0 Å². The van der Waals surface area contributed by atoms with Gasteiger partial charge in [0.2, 0.25) is 0 Å². The summed E-state index contributed by atoms with van der Waals surface area (Å²) in [6, 6.07) is 5.48. The van der Waals surface area contributed by atoms with E-state index in [1.165, 1.54) is 6.07 Å². The highest BCUT2D eigenvalue weighted by Crippen LogP contribution is 2.29. The van der Waals surface area contributed by atoms with Crippen LogP contribution in [0.15, 0.2) is 18.2 Å². The van der Waals surface area contributed by atoms with Crippen molar-refractivity contribution in [2.75, 3.05) is 17.2 Å². The fraction of sp³-hybridized carbons (Fsp3) is 0.500. The number of rotatable bonds is 1. The summed E-state index contributed by atoms with van der Waals surface area (Å²) >= 11 is 0. The Balaban J connectivity index is 2.31. The summed E-state index contributed by atoms with van der Waals surface area (Å²) in [4.78, 5) is 0. The first-order chi connectivity index (χ1) is 7.18. The average Bonchev–Trinajstić information content (AvgIpc) is 2.40. The maximum absolute atomic E-state index is 13.6. The van der Waals surface area contributed by atoms with Crippen molar-refractivity contribution in [2.45, 2.75) is 26.3 Å². The van der Waals surface area contributed by atoms with Gasteiger partial charge in [0.1, 0.15) is 5.82 Å². The van der Waals surface area contributed by atoms with Crippen molar-refractivity contribution < 1.29 is 4.39 Å². The predicted molar refractivity (Wildman–Crippen MR) is 61.8 cm³/mol. The van der Waals surface area contributed by atoms with Crippen LogP contribution in [0, 0.1) is 11.7 Å². The van der Waals surface area contributed by atoms with Gasteiger partial charge in [-0.3, -0.25) is 0 Å². The van der Waals surface area contributed by atoms with E-state index in [9.17, 15) is 4.39 Å². The van der Waals surface area contributed by atoms with Crippen LogP contribution in [-0.4, -0.2) is 12.6 Å². The van der Waals surface area contributed by atoms with Gasteiger partial charge in [-0.05, 0) is 24.5 Å². The topological polar surface area (TPSA) is 24.1 Å². The Morgan fingerprint density at radius 3 is 2.93 bits per heavy atom. The fourth-order valence-corrected chi connectivity index (χ4v) is 1.94. The van der Waals surface area contributed by atoms with Gasteiger partial charge in [-0.1, -0.05) is 19.9 Å². The monoisotopic (exact) mass is 208 g/mol. The normalized spacial score (nSPS) is 20.1. The molecule has 1 aromatic rings. The van der Waals surface area contributed by atoms with Crippen LogP contribution in [0.25, 0.3) is 0 Å². The highest BCUT2D eigenvalue weighted by Gasteiger charge is 2.19. The number of hydrogen-bond acceptors (Lipinski definition) is 2. The van der Waals surface area contributed by atoms with E-state index >= 15 is 0 Å². The Morgan fingerprint density at radius 2 is 2.20 bits per heavy atom. The molecule has 0 bridgehead atoms. The minimum absolute atomic E-state index is 0.174. The lowest BCUT2D eigenvalue weighted by Crippen LogP contribution is -2.26. The molecule has 2 nitrogen and oxygen atoms in total. The molecule has 2 rings (SSSR count). The molecule has 1 unspecified atom stereocenters. The molecule has 0 fully saturated rings. The van der Waals surface area contributed by atoms with Crippen LogP contribution >= 0.6 is 0 Å². The number of para-hydroxylation sites is 1. The maximum atomic E-state index is 13.6. The summed E-state index contributed by atoms with van der Waals surface area (Å²) in [6.45, 7) is 5.21. The number of benzene rings is 1. The van der Waals surface area contributed by atoms with Crippen LogP contribution in [0.3, 0.4) is 0 Å². The molecule has 3 heteroatoms. The first kappa shape index (κ1) is 10.3. The van der Waals surface area contributed by atoms with E-state index in [0.29, 0.717) is 17.6 Å². The molecule has 15 heavy (non-hydrogen) atoms. The molecule has 0 amide bonds. The smallest absolute Gasteiger partial charge is 0.148 e. The van der Waals surface area contributed by atoms with E-state index in [1.807, 2.05) is 6.07 Å². The Hall–Kier alpha value is -1.25. The van der Waals surface area contributed by atoms with Crippen LogP contribution in [0.1, 0.15) is 20.3 Å². The second kappa shape index (κ2) is 4.09. The minimum Gasteiger partial charge on any atom is -0.383 e. The van der Waals surface area contributed by atoms with Crippen molar-refractivity contribution >= 4 is 11.4 Å². The summed E-state index contributed by atoms with van der Waals surface area (Å²) in [7, 11) is 0. The van der Waals surface area contributed by atoms with Gasteiger partial charge in [-0.25, -0.2) is 4.39 Å². The standard InChI is InChI=1S/C12H17FN2/c1-8(2)10-6-7-14-11-5-3-4-9(13)12(11)15-10/h3-5,8,10,14-15H,6-7H2,1-2H3. The summed E-state index contributed by atoms with van der Waals surface area (Å²) in [5, 5.41) is 6.54. The Kier molecular flexibility index (Phi) is 2.80. The Bertz CT molecular complexity index is 349. The molecule has 1 aliphatic heterocycles. The molecule has 82 valence electrons. The molecule has 1 aliphatic rings. The third-order valence-corrected chi connectivity index (χ3v) is 2.92. The van der Waals surface area contributed by atoms with Crippen LogP contribution in [0.2, 0.25) is 0 Å². The zero-order valence-electron chi connectivity index (χ0n) is 9.18. The largest absolute Gasteiger partial charge is 0.383 e. The van der Waals surface area contributed by atoms with E-state index in [1.54, 1.807) is 6.07 Å². The van der Waals surface area contributed by atoms with Crippen LogP contribution in [0.4, 0.5) is 15.8 Å². The van der Waals surface area contributed by atoms with Gasteiger partial charge in [-0.15, -0.1) is 0 Å². The number of nitrogens with one attached hydrogen (secondary N) is 2. The third-order valence-electron chi connectivity index (χ3n) is 2.92. The van der Waals surface area contributed by atoms with Gasteiger partial charge >= 0.3 is 0 Å². The Labute approximate surface area is 89.9 Å². The first-order valence-corrected chi connectivity index (χ1v) is 5.47. The first-order valence-electron chi connectivity index (χ1n) is 5.47. The molecule has 0 spiro atoms. The second-order valence-electron chi connectivity index (χ2n) is 4.37. The quantitative estimate of drug-likeness (QED) is 0.741. The zero-order valence-corrected chi connectivity index (χ0v) is 9.18. The molecule has 0 saturated heterocycles. The molecular weight excluding hydrogens is 191 g/mol. The van der Waals surface area contributed by atoms with Gasteiger partial charge in [-0.2, -0.15) is 0 Å². The molecule has 0 aromatic heterocycles. The summed E-state index contributed by atoms with van der Waals surface area (Å²) < 4.78 is 13.6. The fourth-order valence-electron chi connectivity index (χ4n) is 1.94. The molecule has 1 aromatic carbocycles. The number of hydrogen-bond donors (Lipinski definition) is 2. The van der Waals surface area contributed by atoms with Crippen molar-refractivity contribution in [3.05, 3.63) is 24.0 Å². The van der Waals surface area contributed by atoms with Crippen LogP contribution in [0.5, 0.6) is 0 Å². The third kappa shape index (κ3) is 2.06. The van der Waals surface area contributed by atoms with Gasteiger partial charge in [0.05, 0.1) is 11.4 Å². The zero-order chi connectivity index (χ0) is 10.8.